The Balaban J connectivity index is 5.51. The zero-order valence-corrected chi connectivity index (χ0v) is 64.8. The molecule has 0 aliphatic rings. The number of phosphoric acid groups is 2. The van der Waals surface area contributed by atoms with Crippen LogP contribution in [0, 0.1) is 0 Å². The second-order valence-electron chi connectivity index (χ2n) is 24.8. The van der Waals surface area contributed by atoms with Crippen molar-refractivity contribution in [3.05, 3.63) is 170 Å². The molecular weight excluding hydrogens is 1330 g/mol. The molecule has 0 aliphatic heterocycles. The van der Waals surface area contributed by atoms with Crippen molar-refractivity contribution in [1.29, 1.82) is 0 Å². The molecule has 5 atom stereocenters. The molecule has 578 valence electrons. The fraction of sp³-hybridized carbons (Fsp3) is 0.614. The van der Waals surface area contributed by atoms with Crippen molar-refractivity contribution >= 4 is 39.5 Å². The van der Waals surface area contributed by atoms with Crippen LogP contribution in [0.2, 0.25) is 0 Å². The number of carbonyl (C=O) groups is 4. The summed E-state index contributed by atoms with van der Waals surface area (Å²) < 4.78 is 68.3. The molecule has 17 nitrogen and oxygen atoms in total. The predicted molar refractivity (Wildman–Crippen MR) is 417 cm³/mol. The second-order valence-corrected chi connectivity index (χ2v) is 27.7. The van der Waals surface area contributed by atoms with Crippen molar-refractivity contribution in [3.63, 3.8) is 0 Å². The van der Waals surface area contributed by atoms with Crippen molar-refractivity contribution in [2.45, 2.75) is 290 Å². The van der Waals surface area contributed by atoms with E-state index in [0.29, 0.717) is 32.1 Å². The van der Waals surface area contributed by atoms with Crippen LogP contribution in [0.4, 0.5) is 0 Å². The molecule has 0 bridgehead atoms. The minimum Gasteiger partial charge on any atom is -0.462 e. The number of rotatable bonds is 70. The predicted octanol–water partition coefficient (Wildman–Crippen LogP) is 22.2. The van der Waals surface area contributed by atoms with Crippen molar-refractivity contribution in [2.75, 3.05) is 39.6 Å². The Bertz CT molecular complexity index is 2600. The molecule has 0 aliphatic carbocycles. The second kappa shape index (κ2) is 73.7. The van der Waals surface area contributed by atoms with Crippen molar-refractivity contribution in [1.82, 2.24) is 0 Å². The topological polar surface area (TPSA) is 237 Å². The lowest BCUT2D eigenvalue weighted by Crippen LogP contribution is -2.30. The van der Waals surface area contributed by atoms with Gasteiger partial charge in [0.25, 0.3) is 0 Å². The van der Waals surface area contributed by atoms with Crippen LogP contribution in [0.25, 0.3) is 0 Å². The highest BCUT2D eigenvalue weighted by molar-refractivity contribution is 7.47. The van der Waals surface area contributed by atoms with E-state index in [4.69, 9.17) is 37.0 Å². The fourth-order valence-corrected chi connectivity index (χ4v) is 11.0. The lowest BCUT2D eigenvalue weighted by Gasteiger charge is -2.21. The van der Waals surface area contributed by atoms with Crippen LogP contribution in [-0.2, 0) is 65.4 Å². The zero-order chi connectivity index (χ0) is 74.6. The van der Waals surface area contributed by atoms with Gasteiger partial charge in [-0.1, -0.05) is 268 Å². The van der Waals surface area contributed by atoms with E-state index in [2.05, 4.69) is 161 Å². The Kier molecular flexibility index (Phi) is 69.7. The molecule has 102 heavy (non-hydrogen) atoms. The number of phosphoric ester groups is 2. The van der Waals surface area contributed by atoms with E-state index < -0.39 is 97.5 Å². The monoisotopic (exact) mass is 1460 g/mol. The third kappa shape index (κ3) is 72.8. The van der Waals surface area contributed by atoms with Gasteiger partial charge in [0.1, 0.15) is 19.3 Å². The number of aliphatic hydroxyl groups is 1. The first-order chi connectivity index (χ1) is 49.7. The first-order valence-electron chi connectivity index (χ1n) is 38.4. The number of carbonyl (C=O) groups excluding carboxylic acids is 4. The number of unbranched alkanes of at least 4 members (excludes halogenated alkanes) is 17. The van der Waals surface area contributed by atoms with Gasteiger partial charge in [-0.2, -0.15) is 0 Å². The lowest BCUT2D eigenvalue weighted by molar-refractivity contribution is -0.161. The van der Waals surface area contributed by atoms with Crippen molar-refractivity contribution in [3.8, 4) is 0 Å². The van der Waals surface area contributed by atoms with Gasteiger partial charge in [0, 0.05) is 19.3 Å². The maximum absolute atomic E-state index is 13.1. The van der Waals surface area contributed by atoms with Crippen molar-refractivity contribution in [2.24, 2.45) is 0 Å². The van der Waals surface area contributed by atoms with Crippen molar-refractivity contribution < 1.29 is 80.2 Å². The summed E-state index contributed by atoms with van der Waals surface area (Å²) in [6.07, 6.45) is 86.7. The van der Waals surface area contributed by atoms with Gasteiger partial charge in [-0.15, -0.1) is 0 Å². The number of hydrogen-bond donors (Lipinski definition) is 3. The van der Waals surface area contributed by atoms with E-state index in [9.17, 15) is 43.2 Å². The van der Waals surface area contributed by atoms with E-state index in [1.165, 1.54) is 38.5 Å². The summed E-state index contributed by atoms with van der Waals surface area (Å²) in [5.41, 5.74) is 0. The molecule has 3 N–H and O–H groups in total. The molecule has 5 unspecified atom stereocenters. The van der Waals surface area contributed by atoms with Crippen LogP contribution in [0.1, 0.15) is 272 Å². The molecule has 0 rings (SSSR count). The quantitative estimate of drug-likeness (QED) is 0.0169. The van der Waals surface area contributed by atoms with E-state index in [1.54, 1.807) is 6.08 Å². The Morgan fingerprint density at radius 1 is 0.294 bits per heavy atom. The van der Waals surface area contributed by atoms with Gasteiger partial charge in [-0.3, -0.25) is 37.3 Å². The highest BCUT2D eigenvalue weighted by atomic mass is 31.2. The van der Waals surface area contributed by atoms with Gasteiger partial charge in [-0.25, -0.2) is 9.13 Å². The zero-order valence-electron chi connectivity index (χ0n) is 63.0. The van der Waals surface area contributed by atoms with Crippen LogP contribution < -0.4 is 0 Å². The molecule has 0 spiro atoms. The van der Waals surface area contributed by atoms with E-state index in [0.717, 1.165) is 148 Å². The highest BCUT2D eigenvalue weighted by Crippen LogP contribution is 2.45. The largest absolute Gasteiger partial charge is 0.472 e. The molecule has 0 aromatic rings. The smallest absolute Gasteiger partial charge is 0.462 e. The Morgan fingerprint density at radius 2 is 0.559 bits per heavy atom. The molecular formula is C83H134O17P2. The van der Waals surface area contributed by atoms with Crippen LogP contribution >= 0.6 is 15.6 Å². The van der Waals surface area contributed by atoms with Crippen LogP contribution in [-0.4, -0.2) is 96.7 Å². The summed E-state index contributed by atoms with van der Waals surface area (Å²) in [7, 11) is -10.0. The Hall–Kier alpha value is -5.58. The molecule has 0 aromatic heterocycles. The summed E-state index contributed by atoms with van der Waals surface area (Å²) in [4.78, 5) is 72.8. The summed E-state index contributed by atoms with van der Waals surface area (Å²) in [6, 6.07) is 0. The number of ether oxygens (including phenoxy) is 4. The first kappa shape index (κ1) is 96.4. The van der Waals surface area contributed by atoms with Crippen LogP contribution in [0.3, 0.4) is 0 Å². The third-order valence-corrected chi connectivity index (χ3v) is 17.1. The molecule has 0 saturated heterocycles. The molecule has 0 saturated carbocycles. The lowest BCUT2D eigenvalue weighted by atomic mass is 10.1. The standard InChI is InChI=1S/C83H134O17P2/c1-5-9-13-17-21-25-29-33-37-38-42-44-48-52-56-60-64-68-81(86)94-74-79(100-83(88)70-66-62-58-54-50-46-41-36-32-28-24-20-16-12-8-4)76-98-102(91,92)96-72-77(84)71-95-101(89,90)97-75-78(99-82(87)69-65-61-57-53-49-45-40-35-31-27-23-19-15-11-7-3)73-93-80(85)67-63-59-55-51-47-43-39-34-30-26-22-18-14-10-6-2/h9-10,12-14,16,21-22,24-26,28,33-37,39-42,44,47,51-52,56,59,63,77-79,84H,5-8,11,15,17-20,23,27,29-32,38,43,45-46,48-50,53-55,57-58,60-62,64-76H2,1-4H3,(H,89,90)(H,91,92)/b13-9-,14-10-,16-12-,25-21-,26-22-,28-24-,37-33-,39-34-,40-35-,41-36-,44-42-,51-47-,56-52-,63-59-. The maximum Gasteiger partial charge on any atom is 0.472 e. The molecule has 0 radical (unpaired) electrons. The fourth-order valence-electron chi connectivity index (χ4n) is 9.45. The van der Waals surface area contributed by atoms with Gasteiger partial charge in [0.15, 0.2) is 12.2 Å². The van der Waals surface area contributed by atoms with Gasteiger partial charge in [0.05, 0.1) is 32.8 Å². The van der Waals surface area contributed by atoms with Gasteiger partial charge >= 0.3 is 39.5 Å². The average Bonchev–Trinajstić information content (AvgIpc) is 0.923. The maximum atomic E-state index is 13.1. The molecule has 0 aromatic carbocycles. The van der Waals surface area contributed by atoms with E-state index >= 15 is 0 Å². The van der Waals surface area contributed by atoms with E-state index in [-0.39, 0.29) is 25.7 Å². The summed E-state index contributed by atoms with van der Waals surface area (Å²) >= 11 is 0. The van der Waals surface area contributed by atoms with E-state index in [1.807, 2.05) is 30.4 Å². The number of aliphatic hydroxyl groups excluding tert-OH is 1. The summed E-state index contributed by atoms with van der Waals surface area (Å²) in [6.45, 7) is 4.29. The van der Waals surface area contributed by atoms with Gasteiger partial charge in [-0.05, 0) is 148 Å². The number of allylic oxidation sites excluding steroid dienone is 27. The normalized spacial score (nSPS) is 14.9. The first-order valence-corrected chi connectivity index (χ1v) is 41.4. The summed E-state index contributed by atoms with van der Waals surface area (Å²) in [5.74, 6) is -2.43. The van der Waals surface area contributed by atoms with Gasteiger partial charge in [0.2, 0.25) is 0 Å². The average molecular weight is 1470 g/mol. The minimum atomic E-state index is -5.01. The Labute approximate surface area is 616 Å². The van der Waals surface area contributed by atoms with Crippen LogP contribution in [0.5, 0.6) is 0 Å². The Morgan fingerprint density at radius 3 is 0.912 bits per heavy atom. The summed E-state index contributed by atoms with van der Waals surface area (Å²) in [5, 5.41) is 10.6. The molecule has 0 fully saturated rings. The number of esters is 4. The van der Waals surface area contributed by atoms with Gasteiger partial charge < -0.3 is 33.8 Å². The number of hydrogen-bond acceptors (Lipinski definition) is 15. The highest BCUT2D eigenvalue weighted by Gasteiger charge is 2.30. The molecule has 19 heteroatoms. The third-order valence-electron chi connectivity index (χ3n) is 15.2. The van der Waals surface area contributed by atoms with Crippen LogP contribution in [0.15, 0.2) is 170 Å². The minimum absolute atomic E-state index is 0.0547. The SMILES string of the molecule is CC/C=C\C/C=C\C/C=C\C/C=C\C/C=C\CCCC(=O)OCC(COP(=O)(O)OCC(O)COP(=O)(O)OCC(COC(=O)C/C=C\C/C=C\C/C=C\C/C=C\C/C=C\CC)OC(=O)CCCCCCC/C=C\CCCCCCCC)OC(=O)CCCCCCC/C=C\C/C=C\C/C=C\CC. The molecule has 0 heterocycles. The molecule has 0 amide bonds.